The molecule has 2 unspecified atom stereocenters. The van der Waals surface area contributed by atoms with E-state index in [-0.39, 0.29) is 23.6 Å². The van der Waals surface area contributed by atoms with Gasteiger partial charge in [0, 0.05) is 12.0 Å². The van der Waals surface area contributed by atoms with Gasteiger partial charge in [-0.15, -0.1) is 0 Å². The molecule has 0 bridgehead atoms. The zero-order chi connectivity index (χ0) is 18.3. The van der Waals surface area contributed by atoms with Gasteiger partial charge < -0.3 is 15.2 Å². The molecule has 1 rings (SSSR count). The van der Waals surface area contributed by atoms with E-state index >= 15 is 0 Å². The van der Waals surface area contributed by atoms with Crippen molar-refractivity contribution in [2.75, 3.05) is 0 Å². The number of carbonyl (C=O) groups is 2. The monoisotopic (exact) mass is 337 g/mol. The lowest BCUT2D eigenvalue weighted by atomic mass is 9.95. The highest BCUT2D eigenvalue weighted by Crippen LogP contribution is 2.16. The Hall–Kier alpha value is -2.28. The number of carbonyl (C=O) groups excluding carboxylic acids is 2. The fraction of sp³-hybridized carbons (Fsp3) is 0.529. The van der Waals surface area contributed by atoms with Gasteiger partial charge in [0.2, 0.25) is 5.91 Å². The van der Waals surface area contributed by atoms with Crippen LogP contribution in [-0.4, -0.2) is 28.7 Å². The minimum atomic E-state index is -0.604. The van der Waals surface area contributed by atoms with Crippen molar-refractivity contribution in [2.24, 2.45) is 11.8 Å². The summed E-state index contributed by atoms with van der Waals surface area (Å²) < 4.78 is 5.28. The third-order valence-corrected chi connectivity index (χ3v) is 3.37. The number of nitrogens with two attached hydrogens (primary N) is 1. The summed E-state index contributed by atoms with van der Waals surface area (Å²) in [5.74, 6) is 4.67. The van der Waals surface area contributed by atoms with Gasteiger partial charge in [0.1, 0.15) is 11.4 Å². The first-order chi connectivity index (χ1) is 11.1. The van der Waals surface area contributed by atoms with E-state index in [0.717, 1.165) is 5.56 Å². The van der Waals surface area contributed by atoms with Crippen LogP contribution in [0.1, 0.15) is 39.7 Å². The highest BCUT2D eigenvalue weighted by Gasteiger charge is 2.23. The van der Waals surface area contributed by atoms with E-state index < -0.39 is 11.7 Å². The van der Waals surface area contributed by atoms with Crippen LogP contribution in [0.25, 0.3) is 0 Å². The van der Waals surface area contributed by atoms with Crippen LogP contribution in [0.15, 0.2) is 24.3 Å². The molecule has 0 aliphatic rings. The Morgan fingerprint density at radius 3 is 2.33 bits per heavy atom. The van der Waals surface area contributed by atoms with Crippen LogP contribution in [-0.2, 0) is 16.0 Å². The van der Waals surface area contributed by atoms with Crippen LogP contribution in [0.2, 0.25) is 0 Å². The number of hydrazine groups is 1. The first-order valence-electron chi connectivity index (χ1n) is 7.88. The number of hydrogen-bond donors (Lipinski definition) is 4. The standard InChI is InChI=1S/C17H27N3O4/c1-11(15(22)20-18)9-13(19-16(23)24-17(2,3)4)10-12-5-7-14(21)8-6-12/h5-8,11,13,21H,9-10,18H2,1-4H3,(H,19,23)(H,20,22). The Morgan fingerprint density at radius 2 is 1.83 bits per heavy atom. The number of nitrogens with one attached hydrogen (secondary N) is 2. The molecule has 7 nitrogen and oxygen atoms in total. The Bertz CT molecular complexity index is 552. The molecule has 0 saturated carbocycles. The second-order valence-electron chi connectivity index (χ2n) is 6.86. The highest BCUT2D eigenvalue weighted by atomic mass is 16.6. The molecule has 0 saturated heterocycles. The molecule has 0 aliphatic carbocycles. The van der Waals surface area contributed by atoms with Gasteiger partial charge in [-0.2, -0.15) is 0 Å². The van der Waals surface area contributed by atoms with Crippen LogP contribution in [0.5, 0.6) is 5.75 Å². The molecule has 7 heteroatoms. The molecule has 24 heavy (non-hydrogen) atoms. The van der Waals surface area contributed by atoms with E-state index in [9.17, 15) is 14.7 Å². The number of benzene rings is 1. The molecule has 5 N–H and O–H groups in total. The third-order valence-electron chi connectivity index (χ3n) is 3.37. The minimum absolute atomic E-state index is 0.172. The zero-order valence-electron chi connectivity index (χ0n) is 14.6. The van der Waals surface area contributed by atoms with Crippen molar-refractivity contribution in [2.45, 2.75) is 52.2 Å². The largest absolute Gasteiger partial charge is 0.508 e. The maximum Gasteiger partial charge on any atom is 0.407 e. The van der Waals surface area contributed by atoms with Gasteiger partial charge in [-0.1, -0.05) is 19.1 Å². The van der Waals surface area contributed by atoms with Gasteiger partial charge in [-0.05, 0) is 51.3 Å². The molecule has 134 valence electrons. The van der Waals surface area contributed by atoms with Gasteiger partial charge in [0.15, 0.2) is 0 Å². The molecule has 1 aromatic carbocycles. The summed E-state index contributed by atoms with van der Waals surface area (Å²) in [6.45, 7) is 7.09. The van der Waals surface area contributed by atoms with E-state index in [1.54, 1.807) is 52.0 Å². The van der Waals surface area contributed by atoms with E-state index in [1.165, 1.54) is 0 Å². The lowest BCUT2D eigenvalue weighted by Gasteiger charge is -2.25. The van der Waals surface area contributed by atoms with Crippen molar-refractivity contribution in [3.8, 4) is 5.75 Å². The maximum atomic E-state index is 12.0. The molecule has 2 atom stereocenters. The summed E-state index contributed by atoms with van der Waals surface area (Å²) in [7, 11) is 0. The Morgan fingerprint density at radius 1 is 1.25 bits per heavy atom. The van der Waals surface area contributed by atoms with Crippen LogP contribution in [0.3, 0.4) is 0 Å². The fourth-order valence-corrected chi connectivity index (χ4v) is 2.26. The van der Waals surface area contributed by atoms with Crippen molar-refractivity contribution in [1.82, 2.24) is 10.7 Å². The van der Waals surface area contributed by atoms with E-state index in [0.29, 0.717) is 12.8 Å². The van der Waals surface area contributed by atoms with Crippen LogP contribution < -0.4 is 16.6 Å². The van der Waals surface area contributed by atoms with E-state index in [4.69, 9.17) is 10.6 Å². The molecular formula is C17H27N3O4. The Labute approximate surface area is 142 Å². The van der Waals surface area contributed by atoms with Gasteiger partial charge in [0.25, 0.3) is 0 Å². The van der Waals surface area contributed by atoms with Gasteiger partial charge >= 0.3 is 6.09 Å². The normalized spacial score (nSPS) is 13.7. The van der Waals surface area contributed by atoms with Crippen molar-refractivity contribution in [1.29, 1.82) is 0 Å². The summed E-state index contributed by atoms with van der Waals surface area (Å²) in [6.07, 6.45) is 0.372. The van der Waals surface area contributed by atoms with Gasteiger partial charge in [-0.3, -0.25) is 10.2 Å². The number of alkyl carbamates (subject to hydrolysis) is 1. The number of hydrogen-bond acceptors (Lipinski definition) is 5. The molecule has 0 spiro atoms. The molecule has 0 fully saturated rings. The molecule has 2 amide bonds. The molecule has 0 aliphatic heterocycles. The molecule has 0 radical (unpaired) electrons. The van der Waals surface area contributed by atoms with Crippen molar-refractivity contribution >= 4 is 12.0 Å². The zero-order valence-corrected chi connectivity index (χ0v) is 14.6. The molecule has 0 heterocycles. The number of ether oxygens (including phenoxy) is 1. The van der Waals surface area contributed by atoms with Crippen LogP contribution in [0.4, 0.5) is 4.79 Å². The maximum absolute atomic E-state index is 12.0. The number of phenols is 1. The first kappa shape index (κ1) is 19.8. The number of aromatic hydroxyl groups is 1. The van der Waals surface area contributed by atoms with Crippen LogP contribution in [0, 0.1) is 5.92 Å². The SMILES string of the molecule is CC(CC(Cc1ccc(O)cc1)NC(=O)OC(C)(C)C)C(=O)NN. The van der Waals surface area contributed by atoms with Crippen molar-refractivity contribution in [3.05, 3.63) is 29.8 Å². The number of rotatable bonds is 6. The van der Waals surface area contributed by atoms with Gasteiger partial charge in [0.05, 0.1) is 0 Å². The predicted molar refractivity (Wildman–Crippen MR) is 91.1 cm³/mol. The second kappa shape index (κ2) is 8.54. The van der Waals surface area contributed by atoms with Crippen LogP contribution >= 0.6 is 0 Å². The average molecular weight is 337 g/mol. The highest BCUT2D eigenvalue weighted by molar-refractivity contribution is 5.77. The van der Waals surface area contributed by atoms with Gasteiger partial charge in [-0.25, -0.2) is 10.6 Å². The molecular weight excluding hydrogens is 310 g/mol. The lowest BCUT2D eigenvalue weighted by Crippen LogP contribution is -2.43. The topological polar surface area (TPSA) is 114 Å². The van der Waals surface area contributed by atoms with Crippen molar-refractivity contribution in [3.63, 3.8) is 0 Å². The summed E-state index contributed by atoms with van der Waals surface area (Å²) in [4.78, 5) is 23.7. The predicted octanol–water partition coefficient (Wildman–Crippen LogP) is 1.84. The summed E-state index contributed by atoms with van der Waals surface area (Å²) in [5.41, 5.74) is 2.44. The molecule has 1 aromatic rings. The molecule has 0 aromatic heterocycles. The smallest absolute Gasteiger partial charge is 0.407 e. The fourth-order valence-electron chi connectivity index (χ4n) is 2.26. The summed E-state index contributed by atoms with van der Waals surface area (Å²) in [6, 6.07) is 6.39. The Balaban J connectivity index is 2.79. The summed E-state index contributed by atoms with van der Waals surface area (Å²) >= 11 is 0. The number of amides is 2. The first-order valence-corrected chi connectivity index (χ1v) is 7.88. The average Bonchev–Trinajstić information content (AvgIpc) is 2.46. The lowest BCUT2D eigenvalue weighted by molar-refractivity contribution is -0.124. The summed E-state index contributed by atoms with van der Waals surface area (Å²) in [5, 5.41) is 12.2. The Kier molecular flexibility index (Phi) is 7.03. The number of phenolic OH excluding ortho intramolecular Hbond substituents is 1. The third kappa shape index (κ3) is 7.32. The van der Waals surface area contributed by atoms with E-state index in [1.807, 2.05) is 0 Å². The quantitative estimate of drug-likeness (QED) is 0.359. The van der Waals surface area contributed by atoms with E-state index in [2.05, 4.69) is 10.7 Å². The minimum Gasteiger partial charge on any atom is -0.508 e. The van der Waals surface area contributed by atoms with Crippen molar-refractivity contribution < 1.29 is 19.4 Å². The second-order valence-corrected chi connectivity index (χ2v) is 6.86.